The van der Waals surface area contributed by atoms with Crippen molar-refractivity contribution in [3.05, 3.63) is 82.2 Å². The molecule has 1 unspecified atom stereocenters. The van der Waals surface area contributed by atoms with Gasteiger partial charge in [-0.2, -0.15) is 0 Å². The van der Waals surface area contributed by atoms with Gasteiger partial charge in [-0.1, -0.05) is 48.5 Å². The van der Waals surface area contributed by atoms with E-state index in [2.05, 4.69) is 10.6 Å². The summed E-state index contributed by atoms with van der Waals surface area (Å²) in [7, 11) is 0. The van der Waals surface area contributed by atoms with Crippen molar-refractivity contribution in [1.82, 2.24) is 5.32 Å². The van der Waals surface area contributed by atoms with Crippen LogP contribution in [-0.4, -0.2) is 31.0 Å². The molecule has 0 saturated carbocycles. The zero-order valence-electron chi connectivity index (χ0n) is 18.7. The maximum Gasteiger partial charge on any atom is 0.341 e. The Labute approximate surface area is 196 Å². The summed E-state index contributed by atoms with van der Waals surface area (Å²) in [5.74, 6) is -0.827. The van der Waals surface area contributed by atoms with Crippen LogP contribution in [0, 0.1) is 6.92 Å². The molecule has 0 aliphatic heterocycles. The summed E-state index contributed by atoms with van der Waals surface area (Å²) in [5, 5.41) is 5.90. The Balaban J connectivity index is 1.79. The lowest BCUT2D eigenvalue weighted by Gasteiger charge is -2.14. The van der Waals surface area contributed by atoms with Gasteiger partial charge < -0.3 is 20.1 Å². The van der Waals surface area contributed by atoms with Crippen LogP contribution < -0.4 is 15.4 Å². The van der Waals surface area contributed by atoms with E-state index in [4.69, 9.17) is 9.47 Å². The number of carbonyl (C=O) groups excluding carboxylic acids is 3. The molecule has 3 rings (SSSR count). The highest BCUT2D eigenvalue weighted by atomic mass is 32.1. The average Bonchev–Trinajstić information content (AvgIpc) is 3.14. The van der Waals surface area contributed by atoms with E-state index in [9.17, 15) is 14.4 Å². The first-order chi connectivity index (χ1) is 15.9. The summed E-state index contributed by atoms with van der Waals surface area (Å²) < 4.78 is 10.6. The number of ether oxygens (including phenoxy) is 2. The number of amides is 2. The van der Waals surface area contributed by atoms with Crippen molar-refractivity contribution in [1.29, 1.82) is 0 Å². The lowest BCUT2D eigenvalue weighted by atomic mass is 10.1. The zero-order chi connectivity index (χ0) is 23.8. The molecular weight excluding hydrogens is 440 g/mol. The van der Waals surface area contributed by atoms with Gasteiger partial charge in [0, 0.05) is 0 Å². The Hall–Kier alpha value is -3.65. The summed E-state index contributed by atoms with van der Waals surface area (Å²) in [4.78, 5) is 38.4. The second-order valence-electron chi connectivity index (χ2n) is 7.24. The van der Waals surface area contributed by atoms with Gasteiger partial charge in [-0.05, 0) is 44.0 Å². The Morgan fingerprint density at radius 2 is 1.64 bits per heavy atom. The van der Waals surface area contributed by atoms with Crippen LogP contribution in [0.3, 0.4) is 0 Å². The van der Waals surface area contributed by atoms with Gasteiger partial charge in [-0.15, -0.1) is 11.3 Å². The standard InChI is InChI=1S/C25H26N2O5S/c1-4-31-25(30)21-16(2)22(23(29)26-17(3)18-11-7-5-8-12-18)33-24(21)27-20(28)15-32-19-13-9-6-10-14-19/h5-14,17H,4,15H2,1-3H3,(H,26,29)(H,27,28). The molecule has 2 N–H and O–H groups in total. The van der Waals surface area contributed by atoms with Crippen molar-refractivity contribution < 1.29 is 23.9 Å². The number of para-hydroxylation sites is 1. The minimum absolute atomic E-state index is 0.172. The molecule has 172 valence electrons. The van der Waals surface area contributed by atoms with Crippen LogP contribution in [0.1, 0.15) is 51.0 Å². The molecule has 8 heteroatoms. The van der Waals surface area contributed by atoms with E-state index in [-0.39, 0.29) is 35.7 Å². The molecule has 0 saturated heterocycles. The van der Waals surface area contributed by atoms with Crippen LogP contribution in [0.25, 0.3) is 0 Å². The lowest BCUT2D eigenvalue weighted by Crippen LogP contribution is -2.26. The smallest absolute Gasteiger partial charge is 0.341 e. The number of esters is 1. The van der Waals surface area contributed by atoms with Gasteiger partial charge in [0.1, 0.15) is 10.8 Å². The highest BCUT2D eigenvalue weighted by Gasteiger charge is 2.27. The summed E-state index contributed by atoms with van der Waals surface area (Å²) in [5.41, 5.74) is 1.58. The van der Waals surface area contributed by atoms with Crippen molar-refractivity contribution in [3.8, 4) is 5.75 Å². The molecule has 1 atom stereocenters. The third-order valence-corrected chi connectivity index (χ3v) is 6.05. The summed E-state index contributed by atoms with van der Waals surface area (Å²) in [6, 6.07) is 18.3. The van der Waals surface area contributed by atoms with Gasteiger partial charge in [0.15, 0.2) is 6.61 Å². The number of rotatable bonds is 9. The Morgan fingerprint density at radius 1 is 1.00 bits per heavy atom. The lowest BCUT2D eigenvalue weighted by molar-refractivity contribution is -0.118. The summed E-state index contributed by atoms with van der Waals surface area (Å²) >= 11 is 1.04. The fourth-order valence-corrected chi connectivity index (χ4v) is 4.30. The molecule has 1 heterocycles. The second-order valence-corrected chi connectivity index (χ2v) is 8.26. The minimum atomic E-state index is -0.597. The van der Waals surface area contributed by atoms with Crippen LogP contribution in [0.5, 0.6) is 5.75 Å². The van der Waals surface area contributed by atoms with Gasteiger partial charge in [0.05, 0.1) is 23.1 Å². The Morgan fingerprint density at radius 3 is 2.27 bits per heavy atom. The molecule has 0 aliphatic carbocycles. The van der Waals surface area contributed by atoms with Crippen LogP contribution in [-0.2, 0) is 9.53 Å². The largest absolute Gasteiger partial charge is 0.484 e. The summed E-state index contributed by atoms with van der Waals surface area (Å²) in [6.45, 7) is 5.18. The monoisotopic (exact) mass is 466 g/mol. The molecule has 33 heavy (non-hydrogen) atoms. The molecule has 2 amide bonds. The average molecular weight is 467 g/mol. The third kappa shape index (κ3) is 6.20. The highest BCUT2D eigenvalue weighted by Crippen LogP contribution is 2.34. The molecule has 0 aliphatic rings. The maximum atomic E-state index is 13.0. The molecule has 0 radical (unpaired) electrons. The highest BCUT2D eigenvalue weighted by molar-refractivity contribution is 7.18. The SMILES string of the molecule is CCOC(=O)c1c(NC(=O)COc2ccccc2)sc(C(=O)NC(C)c2ccccc2)c1C. The first-order valence-corrected chi connectivity index (χ1v) is 11.4. The predicted octanol–water partition coefficient (Wildman–Crippen LogP) is 4.74. The van der Waals surface area contributed by atoms with Crippen LogP contribution in [0.2, 0.25) is 0 Å². The van der Waals surface area contributed by atoms with Crippen molar-refractivity contribution in [2.75, 3.05) is 18.5 Å². The van der Waals surface area contributed by atoms with E-state index in [0.717, 1.165) is 16.9 Å². The number of thiophene rings is 1. The summed E-state index contributed by atoms with van der Waals surface area (Å²) in [6.07, 6.45) is 0. The number of hydrogen-bond donors (Lipinski definition) is 2. The number of carbonyl (C=O) groups is 3. The van der Waals surface area contributed by atoms with E-state index in [1.54, 1.807) is 38.1 Å². The van der Waals surface area contributed by atoms with Crippen LogP contribution >= 0.6 is 11.3 Å². The minimum Gasteiger partial charge on any atom is -0.484 e. The fraction of sp³-hybridized carbons (Fsp3) is 0.240. The zero-order valence-corrected chi connectivity index (χ0v) is 19.5. The van der Waals surface area contributed by atoms with Gasteiger partial charge >= 0.3 is 5.97 Å². The van der Waals surface area contributed by atoms with Crippen molar-refractivity contribution in [3.63, 3.8) is 0 Å². The molecule has 1 aromatic heterocycles. The van der Waals surface area contributed by atoms with E-state index >= 15 is 0 Å². The Bertz CT molecular complexity index is 1110. The number of nitrogens with one attached hydrogen (secondary N) is 2. The van der Waals surface area contributed by atoms with E-state index < -0.39 is 11.9 Å². The number of benzene rings is 2. The number of anilines is 1. The quantitative estimate of drug-likeness (QED) is 0.444. The Kier molecular flexibility index (Phi) is 8.21. The molecule has 0 spiro atoms. The van der Waals surface area contributed by atoms with Gasteiger partial charge in [0.2, 0.25) is 0 Å². The molecule has 7 nitrogen and oxygen atoms in total. The molecular formula is C25H26N2O5S. The van der Waals surface area contributed by atoms with Gasteiger partial charge in [-0.3, -0.25) is 9.59 Å². The molecule has 3 aromatic rings. The van der Waals surface area contributed by atoms with Crippen LogP contribution in [0.4, 0.5) is 5.00 Å². The molecule has 2 aromatic carbocycles. The van der Waals surface area contributed by atoms with E-state index in [0.29, 0.717) is 16.2 Å². The van der Waals surface area contributed by atoms with E-state index in [1.807, 2.05) is 43.3 Å². The number of hydrogen-bond acceptors (Lipinski definition) is 6. The van der Waals surface area contributed by atoms with Crippen molar-refractivity contribution in [2.24, 2.45) is 0 Å². The van der Waals surface area contributed by atoms with Gasteiger partial charge in [0.25, 0.3) is 11.8 Å². The second kappa shape index (κ2) is 11.3. The third-order valence-electron chi connectivity index (χ3n) is 4.85. The first-order valence-electron chi connectivity index (χ1n) is 10.5. The van der Waals surface area contributed by atoms with E-state index in [1.165, 1.54) is 0 Å². The fourth-order valence-electron chi connectivity index (χ4n) is 3.18. The van der Waals surface area contributed by atoms with Crippen LogP contribution in [0.15, 0.2) is 60.7 Å². The predicted molar refractivity (Wildman–Crippen MR) is 128 cm³/mol. The molecule has 0 bridgehead atoms. The normalized spacial score (nSPS) is 11.4. The first kappa shape index (κ1) is 24.0. The van der Waals surface area contributed by atoms with Crippen molar-refractivity contribution in [2.45, 2.75) is 26.8 Å². The topological polar surface area (TPSA) is 93.7 Å². The van der Waals surface area contributed by atoms with Gasteiger partial charge in [-0.25, -0.2) is 4.79 Å². The maximum absolute atomic E-state index is 13.0. The van der Waals surface area contributed by atoms with Crippen molar-refractivity contribution >= 4 is 34.1 Å². The molecule has 0 fully saturated rings.